The third kappa shape index (κ3) is 3.68. The molecule has 0 amide bonds. The van der Waals surface area contributed by atoms with Crippen molar-refractivity contribution in [3.05, 3.63) is 16.0 Å². The lowest BCUT2D eigenvalue weighted by Gasteiger charge is -2.15. The van der Waals surface area contributed by atoms with Crippen LogP contribution in [-0.4, -0.2) is 37.4 Å². The van der Waals surface area contributed by atoms with Gasteiger partial charge in [-0.15, -0.1) is 11.3 Å². The highest BCUT2D eigenvalue weighted by molar-refractivity contribution is 7.91. The molecule has 0 radical (unpaired) electrons. The van der Waals surface area contributed by atoms with Gasteiger partial charge >= 0.3 is 5.97 Å². The maximum Gasteiger partial charge on any atom is 0.303 e. The van der Waals surface area contributed by atoms with Crippen molar-refractivity contribution < 1.29 is 18.3 Å². The highest BCUT2D eigenvalue weighted by Crippen LogP contribution is 2.31. The van der Waals surface area contributed by atoms with Crippen LogP contribution >= 0.6 is 22.9 Å². The van der Waals surface area contributed by atoms with E-state index < -0.39 is 16.0 Å². The summed E-state index contributed by atoms with van der Waals surface area (Å²) < 4.78 is 26.0. The van der Waals surface area contributed by atoms with Gasteiger partial charge in [-0.05, 0) is 25.0 Å². The first kappa shape index (κ1) is 15.4. The topological polar surface area (TPSA) is 74.7 Å². The van der Waals surface area contributed by atoms with Crippen molar-refractivity contribution in [2.24, 2.45) is 0 Å². The summed E-state index contributed by atoms with van der Waals surface area (Å²) in [5, 5.41) is 8.50. The molecule has 0 atom stereocenters. The average molecular weight is 312 g/mol. The predicted molar refractivity (Wildman–Crippen MR) is 70.8 cm³/mol. The predicted octanol–water partition coefficient (Wildman–Crippen LogP) is 2.20. The summed E-state index contributed by atoms with van der Waals surface area (Å²) >= 11 is 6.85. The van der Waals surface area contributed by atoms with E-state index in [2.05, 4.69) is 0 Å². The van der Waals surface area contributed by atoms with Crippen LogP contribution in [0, 0.1) is 6.92 Å². The molecule has 1 rings (SSSR count). The Labute approximate surface area is 115 Å². The largest absolute Gasteiger partial charge is 0.481 e. The van der Waals surface area contributed by atoms with Crippen molar-refractivity contribution in [2.75, 3.05) is 13.6 Å². The fourth-order valence-corrected chi connectivity index (χ4v) is 4.41. The van der Waals surface area contributed by atoms with Crippen LogP contribution in [0.4, 0.5) is 0 Å². The second-order valence-corrected chi connectivity index (χ2v) is 7.77. The van der Waals surface area contributed by atoms with E-state index in [0.29, 0.717) is 4.34 Å². The summed E-state index contributed by atoms with van der Waals surface area (Å²) in [6, 6.07) is 1.52. The number of nitrogens with zero attached hydrogens (tertiary/aromatic N) is 1. The molecule has 102 valence electrons. The second-order valence-electron chi connectivity index (χ2n) is 3.85. The first-order valence-electron chi connectivity index (χ1n) is 5.19. The number of aliphatic carboxylic acids is 1. The number of hydrogen-bond acceptors (Lipinski definition) is 4. The zero-order chi connectivity index (χ0) is 13.9. The average Bonchev–Trinajstić information content (AvgIpc) is 2.59. The summed E-state index contributed by atoms with van der Waals surface area (Å²) in [6.45, 7) is 1.91. The van der Waals surface area contributed by atoms with Crippen molar-refractivity contribution in [2.45, 2.75) is 24.0 Å². The fraction of sp³-hybridized carbons (Fsp3) is 0.500. The van der Waals surface area contributed by atoms with Crippen LogP contribution in [0.15, 0.2) is 10.3 Å². The lowest BCUT2D eigenvalue weighted by molar-refractivity contribution is -0.137. The summed E-state index contributed by atoms with van der Waals surface area (Å²) in [5.74, 6) is -0.934. The zero-order valence-electron chi connectivity index (χ0n) is 10.0. The number of rotatable bonds is 6. The Balaban J connectivity index is 2.77. The van der Waals surface area contributed by atoms with Gasteiger partial charge in [0.25, 0.3) is 10.0 Å². The molecule has 0 unspecified atom stereocenters. The van der Waals surface area contributed by atoms with Gasteiger partial charge in [0.1, 0.15) is 4.21 Å². The van der Waals surface area contributed by atoms with E-state index in [1.54, 1.807) is 6.92 Å². The maximum atomic E-state index is 12.1. The summed E-state index contributed by atoms with van der Waals surface area (Å²) in [7, 11) is -2.13. The second kappa shape index (κ2) is 6.01. The SMILES string of the molecule is Cc1cc(S(=O)(=O)N(C)CCCC(=O)O)sc1Cl. The van der Waals surface area contributed by atoms with E-state index in [-0.39, 0.29) is 23.6 Å². The smallest absolute Gasteiger partial charge is 0.303 e. The number of thiophene rings is 1. The maximum absolute atomic E-state index is 12.1. The Morgan fingerprint density at radius 3 is 2.61 bits per heavy atom. The number of carboxylic acids is 1. The van der Waals surface area contributed by atoms with Gasteiger partial charge < -0.3 is 5.11 Å². The quantitative estimate of drug-likeness (QED) is 0.874. The fourth-order valence-electron chi connectivity index (χ4n) is 1.29. The lowest BCUT2D eigenvalue weighted by Crippen LogP contribution is -2.27. The van der Waals surface area contributed by atoms with Gasteiger partial charge in [-0.3, -0.25) is 4.79 Å². The highest BCUT2D eigenvalue weighted by Gasteiger charge is 2.23. The Hall–Kier alpha value is -0.630. The first-order valence-corrected chi connectivity index (χ1v) is 7.82. The van der Waals surface area contributed by atoms with Crippen LogP contribution in [-0.2, 0) is 14.8 Å². The van der Waals surface area contributed by atoms with Gasteiger partial charge in [-0.25, -0.2) is 12.7 Å². The van der Waals surface area contributed by atoms with E-state index in [4.69, 9.17) is 16.7 Å². The molecule has 0 aliphatic heterocycles. The van der Waals surface area contributed by atoms with Gasteiger partial charge in [-0.2, -0.15) is 0 Å². The number of halogens is 1. The van der Waals surface area contributed by atoms with Gasteiger partial charge in [0.05, 0.1) is 4.34 Å². The number of hydrogen-bond donors (Lipinski definition) is 1. The molecule has 0 saturated carbocycles. The Kier molecular flexibility index (Phi) is 5.15. The van der Waals surface area contributed by atoms with Crippen molar-refractivity contribution >= 4 is 38.9 Å². The molecular formula is C10H14ClNO4S2. The molecule has 5 nitrogen and oxygen atoms in total. The Bertz CT molecular complexity index is 519. The monoisotopic (exact) mass is 311 g/mol. The number of carboxylic acid groups (broad SMARTS) is 1. The lowest BCUT2D eigenvalue weighted by atomic mass is 10.3. The highest BCUT2D eigenvalue weighted by atomic mass is 35.5. The molecule has 1 aromatic rings. The van der Waals surface area contributed by atoms with Gasteiger partial charge in [0.15, 0.2) is 0 Å². The minimum Gasteiger partial charge on any atom is -0.481 e. The van der Waals surface area contributed by atoms with E-state index in [1.807, 2.05) is 0 Å². The molecule has 1 aromatic heterocycles. The Morgan fingerprint density at radius 1 is 1.56 bits per heavy atom. The van der Waals surface area contributed by atoms with Crippen molar-refractivity contribution in [3.63, 3.8) is 0 Å². The molecule has 0 fully saturated rings. The standard InChI is InChI=1S/C10H14ClNO4S2/c1-7-6-9(17-10(7)11)18(15,16)12(2)5-3-4-8(13)14/h6H,3-5H2,1-2H3,(H,13,14). The first-order chi connectivity index (χ1) is 8.25. The van der Waals surface area contributed by atoms with Crippen molar-refractivity contribution in [1.82, 2.24) is 4.31 Å². The number of aryl methyl sites for hydroxylation is 1. The number of carbonyl (C=O) groups is 1. The Morgan fingerprint density at radius 2 is 2.17 bits per heavy atom. The molecule has 0 aliphatic carbocycles. The normalized spacial score (nSPS) is 12.0. The van der Waals surface area contributed by atoms with Crippen molar-refractivity contribution in [3.8, 4) is 0 Å². The zero-order valence-corrected chi connectivity index (χ0v) is 12.4. The van der Waals surface area contributed by atoms with Crippen LogP contribution < -0.4 is 0 Å². The van der Waals surface area contributed by atoms with Gasteiger partial charge in [0.2, 0.25) is 0 Å². The van der Waals surface area contributed by atoms with Crippen LogP contribution in [0.25, 0.3) is 0 Å². The van der Waals surface area contributed by atoms with Crippen molar-refractivity contribution in [1.29, 1.82) is 0 Å². The number of sulfonamides is 1. The van der Waals surface area contributed by atoms with E-state index in [9.17, 15) is 13.2 Å². The van der Waals surface area contributed by atoms with Crippen LogP contribution in [0.1, 0.15) is 18.4 Å². The molecule has 1 heterocycles. The molecule has 18 heavy (non-hydrogen) atoms. The molecule has 0 saturated heterocycles. The van der Waals surface area contributed by atoms with Gasteiger partial charge in [0, 0.05) is 20.0 Å². The molecule has 1 N–H and O–H groups in total. The van der Waals surface area contributed by atoms with E-state index in [0.717, 1.165) is 21.2 Å². The van der Waals surface area contributed by atoms with Crippen LogP contribution in [0.2, 0.25) is 4.34 Å². The minimum atomic E-state index is -3.56. The summed E-state index contributed by atoms with van der Waals surface area (Å²) in [4.78, 5) is 10.4. The molecular weight excluding hydrogens is 298 g/mol. The molecule has 8 heteroatoms. The summed E-state index contributed by atoms with van der Waals surface area (Å²) in [6.07, 6.45) is 0.229. The third-order valence-electron chi connectivity index (χ3n) is 2.36. The van der Waals surface area contributed by atoms with E-state index in [1.165, 1.54) is 13.1 Å². The minimum absolute atomic E-state index is 0.0515. The summed E-state index contributed by atoms with van der Waals surface area (Å²) in [5.41, 5.74) is 0.721. The van der Waals surface area contributed by atoms with Crippen LogP contribution in [0.3, 0.4) is 0 Å². The molecule has 0 aromatic carbocycles. The molecule has 0 spiro atoms. The van der Waals surface area contributed by atoms with Crippen LogP contribution in [0.5, 0.6) is 0 Å². The third-order valence-corrected chi connectivity index (χ3v) is 6.22. The van der Waals surface area contributed by atoms with Gasteiger partial charge in [-0.1, -0.05) is 11.6 Å². The molecule has 0 aliphatic rings. The van der Waals surface area contributed by atoms with E-state index >= 15 is 0 Å². The molecule has 0 bridgehead atoms.